The largest absolute Gasteiger partial charge is 0.480 e. The number of carbonyl (C=O) groups is 2. The lowest BCUT2D eigenvalue weighted by Crippen LogP contribution is -2.42. The fourth-order valence-corrected chi connectivity index (χ4v) is 4.16. The van der Waals surface area contributed by atoms with E-state index in [1.54, 1.807) is 17.5 Å². The number of nitrogens with zero attached hydrogens (tertiary/aromatic N) is 3. The smallest absolute Gasteiger partial charge is 0.326 e. The zero-order valence-corrected chi connectivity index (χ0v) is 17.6. The molecule has 158 valence electrons. The van der Waals surface area contributed by atoms with Gasteiger partial charge in [-0.25, -0.2) is 14.8 Å². The number of imidazole rings is 1. The van der Waals surface area contributed by atoms with E-state index in [0.717, 1.165) is 22.6 Å². The normalized spacial score (nSPS) is 12.0. The van der Waals surface area contributed by atoms with Crippen molar-refractivity contribution in [3.05, 3.63) is 82.4 Å². The lowest BCUT2D eigenvalue weighted by molar-refractivity contribution is -0.141. The molecule has 1 atom stereocenters. The summed E-state index contributed by atoms with van der Waals surface area (Å²) in [5.74, 6) is -0.607. The first kappa shape index (κ1) is 20.7. The van der Waals surface area contributed by atoms with Crippen molar-refractivity contribution in [2.75, 3.05) is 0 Å². The van der Waals surface area contributed by atoms with Crippen LogP contribution in [0.15, 0.2) is 66.2 Å². The van der Waals surface area contributed by atoms with E-state index in [-0.39, 0.29) is 18.7 Å². The summed E-state index contributed by atoms with van der Waals surface area (Å²) in [5.41, 5.74) is 2.42. The first-order valence-corrected chi connectivity index (χ1v) is 10.9. The lowest BCUT2D eigenvalue weighted by Gasteiger charge is -2.15. The maximum atomic E-state index is 12.5. The zero-order chi connectivity index (χ0) is 21.6. The number of rotatable bonds is 9. The molecule has 0 aliphatic carbocycles. The summed E-state index contributed by atoms with van der Waals surface area (Å²) in [6.07, 6.45) is 2.51. The van der Waals surface area contributed by atoms with E-state index in [9.17, 15) is 14.7 Å². The Balaban J connectivity index is 1.45. The van der Waals surface area contributed by atoms with Crippen LogP contribution in [0.5, 0.6) is 0 Å². The fourth-order valence-electron chi connectivity index (χ4n) is 3.46. The van der Waals surface area contributed by atoms with Crippen molar-refractivity contribution in [1.82, 2.24) is 19.9 Å². The number of amides is 1. The number of carbonyl (C=O) groups excluding carboxylic acids is 1. The molecule has 0 spiro atoms. The van der Waals surface area contributed by atoms with Gasteiger partial charge in [-0.2, -0.15) is 0 Å². The molecule has 1 aromatic carbocycles. The minimum absolute atomic E-state index is 0.145. The Morgan fingerprint density at radius 2 is 1.94 bits per heavy atom. The molecule has 7 nitrogen and oxygen atoms in total. The molecule has 1 amide bonds. The molecule has 4 aromatic rings. The number of pyridine rings is 1. The number of carboxylic acids is 1. The first-order chi connectivity index (χ1) is 15.1. The number of aromatic nitrogens is 3. The van der Waals surface area contributed by atoms with Crippen molar-refractivity contribution in [3.63, 3.8) is 0 Å². The molecule has 31 heavy (non-hydrogen) atoms. The Morgan fingerprint density at radius 3 is 2.68 bits per heavy atom. The van der Waals surface area contributed by atoms with Crippen LogP contribution in [-0.2, 0) is 29.0 Å². The van der Waals surface area contributed by atoms with E-state index in [1.165, 1.54) is 4.88 Å². The number of aryl methyl sites for hydroxylation is 1. The Kier molecular flexibility index (Phi) is 6.37. The van der Waals surface area contributed by atoms with Crippen molar-refractivity contribution in [3.8, 4) is 0 Å². The molecular weight excluding hydrogens is 412 g/mol. The van der Waals surface area contributed by atoms with Gasteiger partial charge >= 0.3 is 5.97 Å². The second-order valence-corrected chi connectivity index (χ2v) is 8.22. The number of hydrogen-bond donors (Lipinski definition) is 2. The number of thiophene rings is 1. The predicted octanol–water partition coefficient (Wildman–Crippen LogP) is 3.29. The average molecular weight is 435 g/mol. The summed E-state index contributed by atoms with van der Waals surface area (Å²) >= 11 is 1.65. The minimum atomic E-state index is -1.05. The van der Waals surface area contributed by atoms with E-state index in [1.807, 2.05) is 58.5 Å². The van der Waals surface area contributed by atoms with Gasteiger partial charge < -0.3 is 15.0 Å². The van der Waals surface area contributed by atoms with Gasteiger partial charge in [0.05, 0.1) is 6.54 Å². The number of nitrogens with one attached hydrogen (secondary N) is 1. The van der Waals surface area contributed by atoms with Crippen LogP contribution in [0.1, 0.15) is 22.7 Å². The fraction of sp³-hybridized carbons (Fsp3) is 0.217. The highest BCUT2D eigenvalue weighted by Crippen LogP contribution is 2.19. The van der Waals surface area contributed by atoms with Crippen molar-refractivity contribution in [2.45, 2.75) is 31.8 Å². The maximum Gasteiger partial charge on any atom is 0.326 e. The molecule has 3 aromatic heterocycles. The molecule has 0 aliphatic heterocycles. The van der Waals surface area contributed by atoms with Crippen molar-refractivity contribution in [1.29, 1.82) is 0 Å². The Bertz CT molecular complexity index is 1170. The van der Waals surface area contributed by atoms with Crippen molar-refractivity contribution < 1.29 is 14.7 Å². The monoisotopic (exact) mass is 434 g/mol. The Morgan fingerprint density at radius 1 is 1.10 bits per heavy atom. The molecule has 0 fully saturated rings. The molecule has 0 saturated heterocycles. The van der Waals surface area contributed by atoms with Crippen LogP contribution in [0.2, 0.25) is 0 Å². The van der Waals surface area contributed by atoms with E-state index >= 15 is 0 Å². The highest BCUT2D eigenvalue weighted by Gasteiger charge is 2.21. The molecule has 0 radical (unpaired) electrons. The maximum absolute atomic E-state index is 12.5. The Labute approximate surface area is 183 Å². The Hall–Kier alpha value is -3.52. The average Bonchev–Trinajstić information content (AvgIpc) is 3.41. The van der Waals surface area contributed by atoms with Gasteiger partial charge in [-0.05, 0) is 29.1 Å². The highest BCUT2D eigenvalue weighted by atomic mass is 32.1. The number of hydrogen-bond acceptors (Lipinski definition) is 5. The predicted molar refractivity (Wildman–Crippen MR) is 119 cm³/mol. The summed E-state index contributed by atoms with van der Waals surface area (Å²) in [4.78, 5) is 34.4. The van der Waals surface area contributed by atoms with Gasteiger partial charge in [0, 0.05) is 30.3 Å². The summed E-state index contributed by atoms with van der Waals surface area (Å²) in [7, 11) is 0. The molecule has 0 bridgehead atoms. The number of carboxylic acid groups (broad SMARTS) is 1. The topological polar surface area (TPSA) is 97.1 Å². The quantitative estimate of drug-likeness (QED) is 0.421. The molecular formula is C23H22N4O3S. The van der Waals surface area contributed by atoms with Gasteiger partial charge in [0.2, 0.25) is 5.91 Å². The van der Waals surface area contributed by atoms with Crippen LogP contribution in [0.3, 0.4) is 0 Å². The van der Waals surface area contributed by atoms with Gasteiger partial charge in [0.1, 0.15) is 17.4 Å². The van der Waals surface area contributed by atoms with Gasteiger partial charge in [0.25, 0.3) is 0 Å². The first-order valence-electron chi connectivity index (χ1n) is 9.99. The van der Waals surface area contributed by atoms with Crippen molar-refractivity contribution in [2.24, 2.45) is 0 Å². The number of benzene rings is 1. The second kappa shape index (κ2) is 9.53. The third-order valence-corrected chi connectivity index (χ3v) is 5.83. The zero-order valence-electron chi connectivity index (χ0n) is 16.8. The molecule has 4 rings (SSSR count). The van der Waals surface area contributed by atoms with Crippen LogP contribution in [0.25, 0.3) is 11.2 Å². The molecule has 0 aliphatic rings. The standard InChI is InChI=1S/C23H22N4O3S/c28-21(26-19(23(29)30)14-16-6-2-1-3-7-16)11-10-20-25-18-9-4-12-24-22(18)27(20)15-17-8-5-13-31-17/h1-9,12-13,19H,10-11,14-15H2,(H,26,28)(H,29,30)/t19-/m1/s1. The van der Waals surface area contributed by atoms with Gasteiger partial charge in [-0.1, -0.05) is 36.4 Å². The van der Waals surface area contributed by atoms with Crippen LogP contribution in [0.4, 0.5) is 0 Å². The van der Waals surface area contributed by atoms with Gasteiger partial charge in [-0.3, -0.25) is 4.79 Å². The highest BCUT2D eigenvalue weighted by molar-refractivity contribution is 7.09. The van der Waals surface area contributed by atoms with Crippen LogP contribution in [-0.4, -0.2) is 37.6 Å². The van der Waals surface area contributed by atoms with Crippen LogP contribution < -0.4 is 5.32 Å². The lowest BCUT2D eigenvalue weighted by atomic mass is 10.1. The molecule has 0 unspecified atom stereocenters. The molecule has 3 heterocycles. The second-order valence-electron chi connectivity index (χ2n) is 7.19. The van der Waals surface area contributed by atoms with Gasteiger partial charge in [0.15, 0.2) is 5.65 Å². The van der Waals surface area contributed by atoms with E-state index < -0.39 is 12.0 Å². The van der Waals surface area contributed by atoms with Gasteiger partial charge in [-0.15, -0.1) is 11.3 Å². The summed E-state index contributed by atoms with van der Waals surface area (Å²) in [5, 5.41) is 14.2. The van der Waals surface area contributed by atoms with E-state index in [2.05, 4.69) is 21.4 Å². The molecule has 2 N–H and O–H groups in total. The summed E-state index contributed by atoms with van der Waals surface area (Å²) in [6.45, 7) is 0.633. The van der Waals surface area contributed by atoms with Crippen molar-refractivity contribution >= 4 is 34.4 Å². The van der Waals surface area contributed by atoms with E-state index in [4.69, 9.17) is 0 Å². The number of fused-ring (bicyclic) bond motifs is 1. The SMILES string of the molecule is O=C(CCc1nc2cccnc2n1Cc1cccs1)N[C@H](Cc1ccccc1)C(=O)O. The third kappa shape index (κ3) is 5.16. The van der Waals surface area contributed by atoms with Crippen LogP contribution >= 0.6 is 11.3 Å². The minimum Gasteiger partial charge on any atom is -0.480 e. The third-order valence-electron chi connectivity index (χ3n) is 4.97. The number of aliphatic carboxylic acids is 1. The van der Waals surface area contributed by atoms with E-state index in [0.29, 0.717) is 13.0 Å². The molecule has 8 heteroatoms. The molecule has 0 saturated carbocycles. The summed E-state index contributed by atoms with van der Waals surface area (Å²) in [6, 6.07) is 16.1. The summed E-state index contributed by atoms with van der Waals surface area (Å²) < 4.78 is 2.02. The van der Waals surface area contributed by atoms with Crippen LogP contribution in [0, 0.1) is 0 Å².